The summed E-state index contributed by atoms with van der Waals surface area (Å²) < 4.78 is 32.2. The number of benzene rings is 1. The Kier molecular flexibility index (Phi) is 5.83. The second-order valence-electron chi connectivity index (χ2n) is 5.29. The molecule has 5 nitrogen and oxygen atoms in total. The van der Waals surface area contributed by atoms with E-state index in [1.165, 1.54) is 0 Å². The number of hydrogen-bond acceptors (Lipinski definition) is 4. The van der Waals surface area contributed by atoms with E-state index in [1.807, 2.05) is 24.3 Å². The van der Waals surface area contributed by atoms with E-state index in [2.05, 4.69) is 15.5 Å². The van der Waals surface area contributed by atoms with Crippen LogP contribution in [-0.4, -0.2) is 44.8 Å². The van der Waals surface area contributed by atoms with Crippen LogP contribution in [0.15, 0.2) is 24.3 Å². The van der Waals surface area contributed by atoms with E-state index in [0.29, 0.717) is 26.1 Å². The molecule has 1 N–H and O–H groups in total. The van der Waals surface area contributed by atoms with Gasteiger partial charge in [-0.15, -0.1) is 6.42 Å². The molecule has 0 spiro atoms. The predicted molar refractivity (Wildman–Crippen MR) is 87.0 cm³/mol. The maximum absolute atomic E-state index is 12.1. The number of sulfonamides is 1. The van der Waals surface area contributed by atoms with Gasteiger partial charge in [0.1, 0.15) is 12.4 Å². The average molecular weight is 322 g/mol. The zero-order chi connectivity index (χ0) is 16.0. The zero-order valence-electron chi connectivity index (χ0n) is 12.8. The highest BCUT2D eigenvalue weighted by Gasteiger charge is 2.32. The van der Waals surface area contributed by atoms with Crippen LogP contribution in [0.4, 0.5) is 0 Å². The maximum atomic E-state index is 12.1. The fraction of sp³-hybridized carbons (Fsp3) is 0.500. The topological polar surface area (TPSA) is 58.6 Å². The first-order valence-corrected chi connectivity index (χ1v) is 8.96. The molecule has 120 valence electrons. The molecule has 0 amide bonds. The number of ether oxygens (including phenoxy) is 1. The van der Waals surface area contributed by atoms with Gasteiger partial charge in [0.05, 0.1) is 5.25 Å². The molecule has 1 saturated heterocycles. The fourth-order valence-corrected chi connectivity index (χ4v) is 4.11. The van der Waals surface area contributed by atoms with Crippen molar-refractivity contribution >= 4 is 10.0 Å². The number of hydrogen-bond donors (Lipinski definition) is 1. The van der Waals surface area contributed by atoms with Crippen LogP contribution >= 0.6 is 0 Å². The number of para-hydroxylation sites is 1. The van der Waals surface area contributed by atoms with Gasteiger partial charge in [-0.2, -0.15) is 0 Å². The van der Waals surface area contributed by atoms with Crippen molar-refractivity contribution in [1.29, 1.82) is 0 Å². The Bertz CT molecular complexity index is 637. The molecule has 1 aliphatic rings. The predicted octanol–water partition coefficient (Wildman–Crippen LogP) is 1.21. The Morgan fingerprint density at radius 2 is 2.23 bits per heavy atom. The second kappa shape index (κ2) is 7.63. The second-order valence-corrected chi connectivity index (χ2v) is 7.33. The van der Waals surface area contributed by atoms with Crippen molar-refractivity contribution in [2.75, 3.05) is 26.2 Å². The minimum absolute atomic E-state index is 0.231. The number of terminal acetylenes is 1. The van der Waals surface area contributed by atoms with Gasteiger partial charge in [-0.05, 0) is 19.0 Å². The summed E-state index contributed by atoms with van der Waals surface area (Å²) in [5.74, 6) is 3.22. The van der Waals surface area contributed by atoms with E-state index in [9.17, 15) is 8.42 Å². The number of rotatable bonds is 7. The molecule has 1 aromatic carbocycles. The minimum atomic E-state index is -3.21. The highest BCUT2D eigenvalue weighted by atomic mass is 32.2. The first-order valence-electron chi connectivity index (χ1n) is 7.41. The van der Waals surface area contributed by atoms with Crippen LogP contribution in [0.3, 0.4) is 0 Å². The molecule has 0 unspecified atom stereocenters. The van der Waals surface area contributed by atoms with Crippen molar-refractivity contribution in [2.24, 2.45) is 0 Å². The molecule has 1 aliphatic heterocycles. The lowest BCUT2D eigenvalue weighted by Crippen LogP contribution is -2.36. The molecule has 0 saturated carbocycles. The minimum Gasteiger partial charge on any atom is -0.481 e. The Morgan fingerprint density at radius 1 is 1.45 bits per heavy atom. The van der Waals surface area contributed by atoms with Crippen molar-refractivity contribution in [3.63, 3.8) is 0 Å². The monoisotopic (exact) mass is 322 g/mol. The largest absolute Gasteiger partial charge is 0.481 e. The van der Waals surface area contributed by atoms with Gasteiger partial charge in [-0.1, -0.05) is 31.0 Å². The SMILES string of the molecule is C#CCOc1ccccc1CN1CC[C@@H](S(=O)(=O)NCC)C1. The summed E-state index contributed by atoms with van der Waals surface area (Å²) >= 11 is 0. The van der Waals surface area contributed by atoms with E-state index >= 15 is 0 Å². The third-order valence-corrected chi connectivity index (χ3v) is 5.64. The summed E-state index contributed by atoms with van der Waals surface area (Å²) in [6.07, 6.45) is 5.88. The van der Waals surface area contributed by atoms with Crippen LogP contribution in [0.2, 0.25) is 0 Å². The van der Waals surface area contributed by atoms with Crippen molar-refractivity contribution < 1.29 is 13.2 Å². The van der Waals surface area contributed by atoms with Crippen LogP contribution in [0.1, 0.15) is 18.9 Å². The lowest BCUT2D eigenvalue weighted by atomic mass is 10.2. The molecule has 0 aromatic heterocycles. The summed E-state index contributed by atoms with van der Waals surface area (Å²) in [5, 5.41) is -0.341. The van der Waals surface area contributed by atoms with E-state index in [-0.39, 0.29) is 11.9 Å². The quantitative estimate of drug-likeness (QED) is 0.767. The van der Waals surface area contributed by atoms with Gasteiger partial charge >= 0.3 is 0 Å². The fourth-order valence-electron chi connectivity index (χ4n) is 2.65. The molecule has 1 atom stereocenters. The van der Waals surface area contributed by atoms with Gasteiger partial charge in [0.2, 0.25) is 10.0 Å². The van der Waals surface area contributed by atoms with Crippen molar-refractivity contribution in [1.82, 2.24) is 9.62 Å². The van der Waals surface area contributed by atoms with E-state index in [4.69, 9.17) is 11.2 Å². The van der Waals surface area contributed by atoms with Gasteiger partial charge < -0.3 is 4.74 Å². The van der Waals surface area contributed by atoms with Crippen molar-refractivity contribution in [3.05, 3.63) is 29.8 Å². The highest BCUT2D eigenvalue weighted by molar-refractivity contribution is 7.90. The van der Waals surface area contributed by atoms with Crippen LogP contribution in [0.5, 0.6) is 5.75 Å². The molecule has 1 heterocycles. The lowest BCUT2D eigenvalue weighted by Gasteiger charge is -2.18. The van der Waals surface area contributed by atoms with Crippen molar-refractivity contribution in [2.45, 2.75) is 25.1 Å². The Morgan fingerprint density at radius 3 is 2.95 bits per heavy atom. The van der Waals surface area contributed by atoms with E-state index in [0.717, 1.165) is 17.9 Å². The molecular formula is C16H22N2O3S. The summed E-state index contributed by atoms with van der Waals surface area (Å²) in [7, 11) is -3.21. The van der Waals surface area contributed by atoms with E-state index in [1.54, 1.807) is 6.92 Å². The van der Waals surface area contributed by atoms with Crippen molar-refractivity contribution in [3.8, 4) is 18.1 Å². The molecule has 0 aliphatic carbocycles. The standard InChI is InChI=1S/C16H22N2O3S/c1-3-11-21-16-8-6-5-7-14(16)12-18-10-9-15(13-18)22(19,20)17-4-2/h1,5-8,15,17H,4,9-13H2,2H3/t15-/m1/s1. The maximum Gasteiger partial charge on any atom is 0.215 e. The number of nitrogens with zero attached hydrogens (tertiary/aromatic N) is 1. The first-order chi connectivity index (χ1) is 10.6. The molecule has 1 fully saturated rings. The molecule has 1 aromatic rings. The van der Waals surface area contributed by atoms with Gasteiger partial charge in [-0.3, -0.25) is 4.90 Å². The molecule has 0 radical (unpaired) electrons. The molecule has 2 rings (SSSR count). The van der Waals surface area contributed by atoms with Crippen LogP contribution in [0, 0.1) is 12.3 Å². The average Bonchev–Trinajstić information content (AvgIpc) is 2.96. The lowest BCUT2D eigenvalue weighted by molar-refractivity contribution is 0.314. The Labute approximate surface area is 132 Å². The zero-order valence-corrected chi connectivity index (χ0v) is 13.6. The van der Waals surface area contributed by atoms with Gasteiger partial charge in [0.15, 0.2) is 0 Å². The van der Waals surface area contributed by atoms with Gasteiger partial charge in [0.25, 0.3) is 0 Å². The van der Waals surface area contributed by atoms with Crippen LogP contribution in [-0.2, 0) is 16.6 Å². The molecule has 6 heteroatoms. The number of likely N-dealkylation sites (tertiary alicyclic amines) is 1. The third-order valence-electron chi connectivity index (χ3n) is 3.69. The normalized spacial score (nSPS) is 19.0. The summed E-state index contributed by atoms with van der Waals surface area (Å²) in [6.45, 7) is 4.43. The molecule has 22 heavy (non-hydrogen) atoms. The summed E-state index contributed by atoms with van der Waals surface area (Å²) in [6, 6.07) is 7.71. The Hall–Kier alpha value is -1.55. The summed E-state index contributed by atoms with van der Waals surface area (Å²) in [4.78, 5) is 2.14. The highest BCUT2D eigenvalue weighted by Crippen LogP contribution is 2.23. The molecule has 0 bridgehead atoms. The molecular weight excluding hydrogens is 300 g/mol. The van der Waals surface area contributed by atoms with E-state index < -0.39 is 10.0 Å². The van der Waals surface area contributed by atoms with Crippen LogP contribution in [0.25, 0.3) is 0 Å². The van der Waals surface area contributed by atoms with Gasteiger partial charge in [0, 0.05) is 25.2 Å². The smallest absolute Gasteiger partial charge is 0.215 e. The number of nitrogens with one attached hydrogen (secondary N) is 1. The Balaban J connectivity index is 2.00. The van der Waals surface area contributed by atoms with Gasteiger partial charge in [-0.25, -0.2) is 13.1 Å². The first kappa shape index (κ1) is 16.8. The summed E-state index contributed by atoms with van der Waals surface area (Å²) in [5.41, 5.74) is 1.03. The van der Waals surface area contributed by atoms with Crippen LogP contribution < -0.4 is 9.46 Å². The third kappa shape index (κ3) is 4.23.